The molecule has 0 N–H and O–H groups in total. The van der Waals surface area contributed by atoms with Crippen LogP contribution in [0.25, 0.3) is 28.6 Å². The highest BCUT2D eigenvalue weighted by Gasteiger charge is 2.40. The first-order chi connectivity index (χ1) is 16.2. The predicted octanol–water partition coefficient (Wildman–Crippen LogP) is 4.90. The molecule has 1 aliphatic heterocycles. The van der Waals surface area contributed by atoms with Gasteiger partial charge >= 0.3 is 11.1 Å². The molecule has 0 saturated heterocycles. The molecule has 0 unspecified atom stereocenters. The summed E-state index contributed by atoms with van der Waals surface area (Å²) < 4.78 is 12.4. The van der Waals surface area contributed by atoms with Crippen molar-refractivity contribution in [3.63, 3.8) is 0 Å². The lowest BCUT2D eigenvalue weighted by atomic mass is 10.0. The van der Waals surface area contributed by atoms with E-state index >= 15 is 0 Å². The first kappa shape index (κ1) is 20.9. The van der Waals surface area contributed by atoms with E-state index in [1.54, 1.807) is 24.9 Å². The van der Waals surface area contributed by atoms with Crippen LogP contribution in [-0.2, 0) is 0 Å². The SMILES string of the molecule is COc1ccc(C=C2Sc3nnc(-c4ccccc4)c(-c4ccccc4)[n+]3C2=O)c(OC)c1. The fraction of sp³-hybridized carbons (Fsp3) is 0.0769. The Bertz CT molecular complexity index is 1370. The van der Waals surface area contributed by atoms with Crippen molar-refractivity contribution in [3.8, 4) is 34.0 Å². The molecule has 0 aliphatic carbocycles. The number of nitrogens with zero attached hydrogens (tertiary/aromatic N) is 3. The second-order valence-corrected chi connectivity index (χ2v) is 8.28. The summed E-state index contributed by atoms with van der Waals surface area (Å²) in [4.78, 5) is 14.2. The van der Waals surface area contributed by atoms with Gasteiger partial charge in [-0.1, -0.05) is 60.7 Å². The van der Waals surface area contributed by atoms with E-state index in [0.717, 1.165) is 22.4 Å². The topological polar surface area (TPSA) is 65.2 Å². The molecule has 0 saturated carbocycles. The maximum atomic E-state index is 13.6. The molecule has 0 spiro atoms. The maximum Gasteiger partial charge on any atom is 0.399 e. The predicted molar refractivity (Wildman–Crippen MR) is 127 cm³/mol. The Morgan fingerprint density at radius 1 is 0.848 bits per heavy atom. The minimum atomic E-state index is -0.154. The van der Waals surface area contributed by atoms with Crippen molar-refractivity contribution in [2.24, 2.45) is 0 Å². The Morgan fingerprint density at radius 2 is 1.55 bits per heavy atom. The molecular formula is C26H20N3O3S+. The number of hydrogen-bond acceptors (Lipinski definition) is 6. The zero-order chi connectivity index (χ0) is 22.8. The summed E-state index contributed by atoms with van der Waals surface area (Å²) in [6.45, 7) is 0. The monoisotopic (exact) mass is 454 g/mol. The number of carbonyl (C=O) groups excluding carboxylic acids is 1. The van der Waals surface area contributed by atoms with E-state index in [2.05, 4.69) is 10.2 Å². The van der Waals surface area contributed by atoms with E-state index in [0.29, 0.717) is 27.3 Å². The highest BCUT2D eigenvalue weighted by molar-refractivity contribution is 8.04. The molecule has 4 aromatic rings. The number of fused-ring (bicyclic) bond motifs is 1. The fourth-order valence-corrected chi connectivity index (χ4v) is 4.62. The Hall–Kier alpha value is -3.97. The third-order valence-electron chi connectivity index (χ3n) is 5.31. The number of carbonyl (C=O) groups is 1. The van der Waals surface area contributed by atoms with Gasteiger partial charge in [-0.05, 0) is 23.3 Å². The van der Waals surface area contributed by atoms with Crippen LogP contribution >= 0.6 is 11.8 Å². The highest BCUT2D eigenvalue weighted by atomic mass is 32.2. The van der Waals surface area contributed by atoms with E-state index in [9.17, 15) is 4.79 Å². The van der Waals surface area contributed by atoms with Gasteiger partial charge in [0.25, 0.3) is 0 Å². The molecule has 7 heteroatoms. The summed E-state index contributed by atoms with van der Waals surface area (Å²) in [5.41, 5.74) is 3.94. The number of thioether (sulfide) groups is 1. The van der Waals surface area contributed by atoms with Crippen molar-refractivity contribution in [1.29, 1.82) is 0 Å². The molecule has 0 fully saturated rings. The van der Waals surface area contributed by atoms with Gasteiger partial charge < -0.3 is 9.47 Å². The largest absolute Gasteiger partial charge is 0.497 e. The lowest BCUT2D eigenvalue weighted by Gasteiger charge is -2.08. The lowest BCUT2D eigenvalue weighted by molar-refractivity contribution is -0.602. The van der Waals surface area contributed by atoms with Gasteiger partial charge in [0.15, 0.2) is 11.4 Å². The smallest absolute Gasteiger partial charge is 0.399 e. The number of ether oxygens (including phenoxy) is 2. The molecular weight excluding hydrogens is 434 g/mol. The van der Waals surface area contributed by atoms with Crippen LogP contribution in [0.4, 0.5) is 0 Å². The zero-order valence-electron chi connectivity index (χ0n) is 18.1. The Labute approximate surface area is 195 Å². The van der Waals surface area contributed by atoms with Crippen LogP contribution in [0.2, 0.25) is 0 Å². The Balaban J connectivity index is 1.66. The van der Waals surface area contributed by atoms with Crippen molar-refractivity contribution in [3.05, 3.63) is 89.3 Å². The first-order valence-electron chi connectivity index (χ1n) is 10.3. The number of hydrogen-bond donors (Lipinski definition) is 0. The van der Waals surface area contributed by atoms with Gasteiger partial charge in [0, 0.05) is 34.5 Å². The molecule has 0 bridgehead atoms. The molecule has 0 atom stereocenters. The van der Waals surface area contributed by atoms with Crippen LogP contribution in [0, 0.1) is 0 Å². The van der Waals surface area contributed by atoms with Gasteiger partial charge in [-0.15, -0.1) is 4.57 Å². The number of rotatable bonds is 5. The van der Waals surface area contributed by atoms with Crippen LogP contribution in [0.1, 0.15) is 10.4 Å². The van der Waals surface area contributed by atoms with E-state index in [1.807, 2.05) is 78.9 Å². The van der Waals surface area contributed by atoms with Crippen LogP contribution in [0.3, 0.4) is 0 Å². The van der Waals surface area contributed by atoms with Crippen LogP contribution < -0.4 is 14.0 Å². The summed E-state index contributed by atoms with van der Waals surface area (Å²) in [5.74, 6) is 1.15. The van der Waals surface area contributed by atoms with Gasteiger partial charge in [-0.3, -0.25) is 0 Å². The highest BCUT2D eigenvalue weighted by Crippen LogP contribution is 2.37. The van der Waals surface area contributed by atoms with Crippen LogP contribution in [0.5, 0.6) is 11.5 Å². The van der Waals surface area contributed by atoms with Crippen molar-refractivity contribution in [2.45, 2.75) is 5.16 Å². The van der Waals surface area contributed by atoms with E-state index in [1.165, 1.54) is 11.8 Å². The third kappa shape index (κ3) is 3.87. The van der Waals surface area contributed by atoms with Gasteiger partial charge in [0.2, 0.25) is 0 Å². The molecule has 0 radical (unpaired) electrons. The van der Waals surface area contributed by atoms with Crippen molar-refractivity contribution in [2.75, 3.05) is 14.2 Å². The molecule has 6 nitrogen and oxygen atoms in total. The number of methoxy groups -OCH3 is 2. The molecule has 33 heavy (non-hydrogen) atoms. The summed E-state index contributed by atoms with van der Waals surface area (Å²) >= 11 is 1.30. The van der Waals surface area contributed by atoms with E-state index in [-0.39, 0.29) is 5.91 Å². The van der Waals surface area contributed by atoms with Crippen molar-refractivity contribution >= 4 is 23.7 Å². The quantitative estimate of drug-likeness (QED) is 0.316. The average molecular weight is 455 g/mol. The van der Waals surface area contributed by atoms with E-state index < -0.39 is 0 Å². The zero-order valence-corrected chi connectivity index (χ0v) is 18.9. The molecule has 5 rings (SSSR count). The Kier molecular flexibility index (Phi) is 5.62. The summed E-state index contributed by atoms with van der Waals surface area (Å²) in [5, 5.41) is 9.44. The number of benzene rings is 3. The maximum absolute atomic E-state index is 13.6. The fourth-order valence-electron chi connectivity index (χ4n) is 3.72. The third-order valence-corrected chi connectivity index (χ3v) is 6.27. The van der Waals surface area contributed by atoms with Crippen molar-refractivity contribution in [1.82, 2.24) is 10.2 Å². The lowest BCUT2D eigenvalue weighted by Crippen LogP contribution is -2.44. The van der Waals surface area contributed by atoms with Gasteiger partial charge in [0.05, 0.1) is 19.3 Å². The number of aromatic nitrogens is 3. The summed E-state index contributed by atoms with van der Waals surface area (Å²) in [7, 11) is 3.19. The first-order valence-corrected chi connectivity index (χ1v) is 11.1. The minimum absolute atomic E-state index is 0.154. The standard InChI is InChI=1S/C26H20N3O3S/c1-31-20-14-13-19(21(16-20)32-2)15-22-25(30)29-24(18-11-7-4-8-12-18)23(27-28-26(29)33-22)17-9-5-3-6-10-17/h3-16H,1-2H3/q+1. The van der Waals surface area contributed by atoms with Gasteiger partial charge in [-0.2, -0.15) is 0 Å². The molecule has 1 aliphatic rings. The number of allylic oxidation sites excluding steroid dienone is 1. The van der Waals surface area contributed by atoms with Crippen LogP contribution in [0.15, 0.2) is 88.9 Å². The second-order valence-electron chi connectivity index (χ2n) is 7.27. The molecule has 3 aromatic carbocycles. The molecule has 2 heterocycles. The Morgan fingerprint density at radius 3 is 2.21 bits per heavy atom. The van der Waals surface area contributed by atoms with E-state index in [4.69, 9.17) is 9.47 Å². The van der Waals surface area contributed by atoms with Crippen molar-refractivity contribution < 1.29 is 18.8 Å². The van der Waals surface area contributed by atoms with Gasteiger partial charge in [-0.25, -0.2) is 4.79 Å². The summed E-state index contributed by atoms with van der Waals surface area (Å²) in [6, 6.07) is 25.1. The van der Waals surface area contributed by atoms with Crippen LogP contribution in [-0.4, -0.2) is 30.3 Å². The average Bonchev–Trinajstić information content (AvgIpc) is 3.19. The molecule has 0 amide bonds. The normalized spacial score (nSPS) is 13.8. The van der Waals surface area contributed by atoms with Gasteiger partial charge in [0.1, 0.15) is 16.4 Å². The molecule has 1 aromatic heterocycles. The minimum Gasteiger partial charge on any atom is -0.497 e. The second kappa shape index (κ2) is 8.88. The molecule has 162 valence electrons. The summed E-state index contributed by atoms with van der Waals surface area (Å²) in [6.07, 6.45) is 1.82.